The predicted molar refractivity (Wildman–Crippen MR) is 110 cm³/mol. The van der Waals surface area contributed by atoms with E-state index in [1.807, 2.05) is 12.1 Å². The van der Waals surface area contributed by atoms with E-state index in [-0.39, 0.29) is 18.4 Å². The van der Waals surface area contributed by atoms with E-state index < -0.39 is 0 Å². The highest BCUT2D eigenvalue weighted by Gasteiger charge is 2.22. The minimum Gasteiger partial charge on any atom is -0.484 e. The number of amides is 2. The molecule has 26 heavy (non-hydrogen) atoms. The topological polar surface area (TPSA) is 58.6 Å². The molecule has 0 radical (unpaired) electrons. The quantitative estimate of drug-likeness (QED) is 0.647. The Kier molecular flexibility index (Phi) is 6.37. The van der Waals surface area contributed by atoms with Gasteiger partial charge in [0, 0.05) is 21.7 Å². The Hall–Kier alpha value is -1.80. The average molecular weight is 485 g/mol. The van der Waals surface area contributed by atoms with E-state index in [1.54, 1.807) is 35.2 Å². The van der Waals surface area contributed by atoms with Gasteiger partial charge >= 0.3 is 0 Å². The first-order valence-electron chi connectivity index (χ1n) is 8.30. The maximum absolute atomic E-state index is 12.7. The van der Waals surface area contributed by atoms with E-state index in [0.717, 1.165) is 29.5 Å². The van der Waals surface area contributed by atoms with Gasteiger partial charge < -0.3 is 15.0 Å². The van der Waals surface area contributed by atoms with Crippen LogP contribution < -0.4 is 10.1 Å². The molecule has 136 valence electrons. The minimum atomic E-state index is -0.346. The molecular formula is C19H18ClIN2O3. The maximum atomic E-state index is 12.7. The number of ether oxygens (including phenoxy) is 1. The molecule has 1 fully saturated rings. The van der Waals surface area contributed by atoms with E-state index in [0.29, 0.717) is 22.0 Å². The monoisotopic (exact) mass is 484 g/mol. The van der Waals surface area contributed by atoms with Gasteiger partial charge in [-0.05, 0) is 77.9 Å². The van der Waals surface area contributed by atoms with Gasteiger partial charge in [-0.1, -0.05) is 11.6 Å². The number of hydrogen-bond acceptors (Lipinski definition) is 3. The van der Waals surface area contributed by atoms with Crippen LogP contribution in [0, 0.1) is 3.57 Å². The van der Waals surface area contributed by atoms with E-state index >= 15 is 0 Å². The first-order chi connectivity index (χ1) is 12.5. The summed E-state index contributed by atoms with van der Waals surface area (Å²) in [6.07, 6.45) is 2.01. The van der Waals surface area contributed by atoms with Gasteiger partial charge in [0.25, 0.3) is 11.8 Å². The number of halogens is 2. The third-order valence-corrected chi connectivity index (χ3v) is 5.02. The van der Waals surface area contributed by atoms with Crippen LogP contribution in [0.2, 0.25) is 5.02 Å². The molecule has 1 saturated heterocycles. The van der Waals surface area contributed by atoms with Crippen molar-refractivity contribution in [3.63, 3.8) is 0 Å². The first-order valence-corrected chi connectivity index (χ1v) is 9.75. The van der Waals surface area contributed by atoms with Crippen molar-refractivity contribution in [1.29, 1.82) is 0 Å². The predicted octanol–water partition coefficient (Wildman–Crippen LogP) is 4.20. The van der Waals surface area contributed by atoms with Gasteiger partial charge in [-0.3, -0.25) is 9.59 Å². The fraction of sp³-hybridized carbons (Fsp3) is 0.263. The Balaban J connectivity index is 1.67. The number of nitrogens with zero attached hydrogens (tertiary/aromatic N) is 1. The van der Waals surface area contributed by atoms with Crippen LogP contribution in [0.4, 0.5) is 5.69 Å². The molecule has 1 heterocycles. The molecule has 1 aliphatic rings. The Bertz CT molecular complexity index is 805. The summed E-state index contributed by atoms with van der Waals surface area (Å²) in [5.41, 5.74) is 0.851. The lowest BCUT2D eigenvalue weighted by Crippen LogP contribution is -2.29. The van der Waals surface area contributed by atoms with Crippen LogP contribution in [0.5, 0.6) is 5.75 Å². The third kappa shape index (κ3) is 4.88. The molecule has 0 saturated carbocycles. The zero-order chi connectivity index (χ0) is 18.5. The van der Waals surface area contributed by atoms with E-state index in [9.17, 15) is 9.59 Å². The van der Waals surface area contributed by atoms with Crippen LogP contribution in [0.15, 0.2) is 42.5 Å². The summed E-state index contributed by atoms with van der Waals surface area (Å²) in [5, 5.41) is 3.20. The smallest absolute Gasteiger partial charge is 0.262 e. The fourth-order valence-corrected chi connectivity index (χ4v) is 3.29. The third-order valence-electron chi connectivity index (χ3n) is 4.06. The highest BCUT2D eigenvalue weighted by atomic mass is 127. The Morgan fingerprint density at radius 1 is 1.12 bits per heavy atom. The minimum absolute atomic E-state index is 0.0898. The second-order valence-corrected chi connectivity index (χ2v) is 7.66. The summed E-state index contributed by atoms with van der Waals surface area (Å²) in [6, 6.07) is 12.3. The number of rotatable bonds is 5. The van der Waals surface area contributed by atoms with E-state index in [1.165, 1.54) is 0 Å². The highest BCUT2D eigenvalue weighted by Crippen LogP contribution is 2.24. The zero-order valence-corrected chi connectivity index (χ0v) is 16.9. The van der Waals surface area contributed by atoms with E-state index in [4.69, 9.17) is 16.3 Å². The van der Waals surface area contributed by atoms with Crippen molar-refractivity contribution in [2.75, 3.05) is 25.0 Å². The molecule has 7 heteroatoms. The molecule has 0 atom stereocenters. The van der Waals surface area contributed by atoms with Gasteiger partial charge in [0.05, 0.1) is 11.3 Å². The van der Waals surface area contributed by atoms with Crippen molar-refractivity contribution in [3.8, 4) is 5.75 Å². The second-order valence-electron chi connectivity index (χ2n) is 5.98. The van der Waals surface area contributed by atoms with Crippen LogP contribution in [0.3, 0.4) is 0 Å². The van der Waals surface area contributed by atoms with Crippen molar-refractivity contribution in [1.82, 2.24) is 4.90 Å². The summed E-state index contributed by atoms with van der Waals surface area (Å²) in [6.45, 7) is 1.33. The van der Waals surface area contributed by atoms with Crippen LogP contribution in [-0.2, 0) is 4.79 Å². The molecule has 2 amide bonds. The molecule has 1 N–H and O–H groups in total. The summed E-state index contributed by atoms with van der Waals surface area (Å²) in [7, 11) is 0. The van der Waals surface area contributed by atoms with Crippen molar-refractivity contribution >= 4 is 51.7 Å². The average Bonchev–Trinajstić information content (AvgIpc) is 3.15. The Labute approximate surface area is 170 Å². The summed E-state index contributed by atoms with van der Waals surface area (Å²) >= 11 is 8.24. The van der Waals surface area contributed by atoms with Gasteiger partial charge in [0.15, 0.2) is 6.61 Å². The number of likely N-dealkylation sites (tertiary alicyclic amines) is 1. The van der Waals surface area contributed by atoms with Crippen molar-refractivity contribution in [2.24, 2.45) is 0 Å². The summed E-state index contributed by atoms with van der Waals surface area (Å²) in [4.78, 5) is 26.7. The van der Waals surface area contributed by atoms with Crippen molar-refractivity contribution in [3.05, 3.63) is 56.6 Å². The van der Waals surface area contributed by atoms with Crippen LogP contribution in [-0.4, -0.2) is 36.4 Å². The SMILES string of the molecule is O=C(COc1ccc(I)cc1)Nc1cc(Cl)ccc1C(=O)N1CCCC1. The van der Waals surface area contributed by atoms with Gasteiger partial charge in [0.2, 0.25) is 0 Å². The molecule has 2 aromatic rings. The van der Waals surface area contributed by atoms with Gasteiger partial charge in [-0.25, -0.2) is 0 Å². The molecule has 0 spiro atoms. The number of carbonyl (C=O) groups is 2. The van der Waals surface area contributed by atoms with Crippen LogP contribution in [0.1, 0.15) is 23.2 Å². The number of nitrogens with one attached hydrogen (secondary N) is 1. The lowest BCUT2D eigenvalue weighted by molar-refractivity contribution is -0.118. The summed E-state index contributed by atoms with van der Waals surface area (Å²) < 4.78 is 6.57. The van der Waals surface area contributed by atoms with Gasteiger partial charge in [-0.15, -0.1) is 0 Å². The summed E-state index contributed by atoms with van der Waals surface area (Å²) in [5.74, 6) is 0.175. The zero-order valence-electron chi connectivity index (χ0n) is 14.0. The van der Waals surface area contributed by atoms with Crippen molar-refractivity contribution in [2.45, 2.75) is 12.8 Å². The molecular weight excluding hydrogens is 467 g/mol. The standard InChI is InChI=1S/C19H18ClIN2O3/c20-13-3-8-16(19(25)23-9-1-2-10-23)17(11-13)22-18(24)12-26-15-6-4-14(21)5-7-15/h3-8,11H,1-2,9-10,12H2,(H,22,24). The normalized spacial score (nSPS) is 13.5. The second kappa shape index (κ2) is 8.73. The Morgan fingerprint density at radius 2 is 1.81 bits per heavy atom. The molecule has 0 aromatic heterocycles. The molecule has 0 bridgehead atoms. The van der Waals surface area contributed by atoms with Crippen LogP contribution in [0.25, 0.3) is 0 Å². The Morgan fingerprint density at radius 3 is 2.50 bits per heavy atom. The van der Waals surface area contributed by atoms with Gasteiger partial charge in [-0.2, -0.15) is 0 Å². The lowest BCUT2D eigenvalue weighted by atomic mass is 10.1. The maximum Gasteiger partial charge on any atom is 0.262 e. The number of hydrogen-bond donors (Lipinski definition) is 1. The molecule has 0 aliphatic carbocycles. The number of anilines is 1. The molecule has 5 nitrogen and oxygen atoms in total. The highest BCUT2D eigenvalue weighted by molar-refractivity contribution is 14.1. The van der Waals surface area contributed by atoms with Gasteiger partial charge in [0.1, 0.15) is 5.75 Å². The van der Waals surface area contributed by atoms with Crippen LogP contribution >= 0.6 is 34.2 Å². The number of benzene rings is 2. The molecule has 1 aliphatic heterocycles. The lowest BCUT2D eigenvalue weighted by Gasteiger charge is -2.18. The van der Waals surface area contributed by atoms with Crippen molar-refractivity contribution < 1.29 is 14.3 Å². The van der Waals surface area contributed by atoms with E-state index in [2.05, 4.69) is 27.9 Å². The fourth-order valence-electron chi connectivity index (χ4n) is 2.76. The molecule has 0 unspecified atom stereocenters. The molecule has 3 rings (SSSR count). The molecule has 2 aromatic carbocycles. The largest absolute Gasteiger partial charge is 0.484 e. The number of carbonyl (C=O) groups excluding carboxylic acids is 2. The first kappa shape index (κ1) is 19.0.